The van der Waals surface area contributed by atoms with Crippen LogP contribution in [0.4, 0.5) is 30.7 Å². The Labute approximate surface area is 186 Å². The molecule has 3 rings (SSSR count). The van der Waals surface area contributed by atoms with Crippen LogP contribution in [0.1, 0.15) is 53.0 Å². The molecule has 0 aliphatic carbocycles. The summed E-state index contributed by atoms with van der Waals surface area (Å²) in [6.45, 7) is 2.19. The first-order valence-corrected chi connectivity index (χ1v) is 10.1. The van der Waals surface area contributed by atoms with Crippen LogP contribution >= 0.6 is 0 Å². The number of carbonyl (C=O) groups excluding carboxylic acids is 1. The van der Waals surface area contributed by atoms with Crippen molar-refractivity contribution in [2.45, 2.75) is 50.1 Å². The zero-order valence-electron chi connectivity index (χ0n) is 18.0. The number of carbonyl (C=O) groups is 1. The van der Waals surface area contributed by atoms with Gasteiger partial charge in [-0.05, 0) is 67.4 Å². The van der Waals surface area contributed by atoms with Crippen LogP contribution in [0, 0.1) is 5.82 Å². The van der Waals surface area contributed by atoms with Crippen molar-refractivity contribution in [2.24, 2.45) is 0 Å². The van der Waals surface area contributed by atoms with Gasteiger partial charge >= 0.3 is 18.3 Å². The molecular weight excluding hydrogens is 455 g/mol. The van der Waals surface area contributed by atoms with Crippen LogP contribution in [-0.2, 0) is 28.4 Å². The highest BCUT2D eigenvalue weighted by Gasteiger charge is 2.41. The Morgan fingerprint density at radius 3 is 2.12 bits per heavy atom. The van der Waals surface area contributed by atoms with Crippen LogP contribution in [0.2, 0.25) is 0 Å². The van der Waals surface area contributed by atoms with Gasteiger partial charge in [0, 0.05) is 18.5 Å². The summed E-state index contributed by atoms with van der Waals surface area (Å²) >= 11 is 0. The Morgan fingerprint density at radius 1 is 1.03 bits per heavy atom. The lowest BCUT2D eigenvalue weighted by atomic mass is 9.76. The second kappa shape index (κ2) is 8.96. The molecule has 180 valence electrons. The van der Waals surface area contributed by atoms with Crippen molar-refractivity contribution in [3.63, 3.8) is 0 Å². The van der Waals surface area contributed by atoms with E-state index in [-0.39, 0.29) is 18.5 Å². The van der Waals surface area contributed by atoms with E-state index in [0.29, 0.717) is 29.8 Å². The van der Waals surface area contributed by atoms with Crippen LogP contribution in [0.3, 0.4) is 0 Å². The number of alkyl halides is 6. The molecule has 0 saturated carbocycles. The molecule has 0 bridgehead atoms. The van der Waals surface area contributed by atoms with Gasteiger partial charge < -0.3 is 4.74 Å². The van der Waals surface area contributed by atoms with E-state index < -0.39 is 52.7 Å². The minimum atomic E-state index is -5.07. The number of methoxy groups -OCH3 is 1. The predicted molar refractivity (Wildman–Crippen MR) is 106 cm³/mol. The lowest BCUT2D eigenvalue weighted by molar-refractivity contribution is -0.145. The summed E-state index contributed by atoms with van der Waals surface area (Å²) in [6.07, 6.45) is -9.96. The quantitative estimate of drug-likeness (QED) is 0.394. The summed E-state index contributed by atoms with van der Waals surface area (Å²) in [4.78, 5) is 14.8. The molecule has 3 atom stereocenters. The van der Waals surface area contributed by atoms with Crippen molar-refractivity contribution in [3.8, 4) is 0 Å². The van der Waals surface area contributed by atoms with E-state index in [0.717, 1.165) is 7.11 Å². The van der Waals surface area contributed by atoms with E-state index in [2.05, 4.69) is 0 Å². The fourth-order valence-corrected chi connectivity index (χ4v) is 4.29. The number of rotatable bonds is 3. The van der Waals surface area contributed by atoms with Gasteiger partial charge in [-0.1, -0.05) is 6.07 Å². The number of ether oxygens (including phenoxy) is 1. The SMILES string of the molecule is COC(=O)C(c1cc(C(F)(F)F)cc(C(F)(F)F)c1)[C@@H]1C[C@H](C)N(C)Cc2ccc(F)cc21. The number of fused-ring (bicyclic) bond motifs is 1. The van der Waals surface area contributed by atoms with Crippen molar-refractivity contribution in [1.82, 2.24) is 4.90 Å². The highest BCUT2D eigenvalue weighted by atomic mass is 19.4. The van der Waals surface area contributed by atoms with Crippen molar-refractivity contribution >= 4 is 5.97 Å². The summed E-state index contributed by atoms with van der Waals surface area (Å²) in [5.41, 5.74) is -2.56. The molecule has 0 spiro atoms. The van der Waals surface area contributed by atoms with Gasteiger partial charge in [0.15, 0.2) is 0 Å². The normalized spacial score (nSPS) is 20.7. The summed E-state index contributed by atoms with van der Waals surface area (Å²) in [5, 5.41) is 0. The third kappa shape index (κ3) is 5.31. The second-order valence-electron chi connectivity index (χ2n) is 8.29. The fourth-order valence-electron chi connectivity index (χ4n) is 4.29. The van der Waals surface area contributed by atoms with Crippen molar-refractivity contribution in [3.05, 3.63) is 70.0 Å². The first kappa shape index (κ1) is 25.0. The highest BCUT2D eigenvalue weighted by Crippen LogP contribution is 2.45. The summed E-state index contributed by atoms with van der Waals surface area (Å²) < 4.78 is 99.7. The molecule has 10 heteroatoms. The van der Waals surface area contributed by atoms with Crippen molar-refractivity contribution in [1.29, 1.82) is 0 Å². The van der Waals surface area contributed by atoms with E-state index >= 15 is 0 Å². The van der Waals surface area contributed by atoms with E-state index in [1.165, 1.54) is 18.2 Å². The third-order valence-corrected chi connectivity index (χ3v) is 6.10. The number of hydrogen-bond acceptors (Lipinski definition) is 3. The molecule has 1 heterocycles. The average Bonchev–Trinajstić information content (AvgIpc) is 2.83. The molecule has 0 fully saturated rings. The molecule has 0 N–H and O–H groups in total. The van der Waals surface area contributed by atoms with Gasteiger partial charge in [0.1, 0.15) is 5.82 Å². The van der Waals surface area contributed by atoms with Crippen LogP contribution in [0.25, 0.3) is 0 Å². The lowest BCUT2D eigenvalue weighted by Gasteiger charge is -2.29. The molecule has 0 radical (unpaired) electrons. The number of benzene rings is 2. The van der Waals surface area contributed by atoms with Gasteiger partial charge in [-0.2, -0.15) is 26.3 Å². The molecule has 2 aromatic carbocycles. The van der Waals surface area contributed by atoms with Gasteiger partial charge in [-0.3, -0.25) is 9.69 Å². The molecule has 0 saturated heterocycles. The van der Waals surface area contributed by atoms with E-state index in [9.17, 15) is 35.5 Å². The average molecular weight is 477 g/mol. The number of halogens is 7. The minimum Gasteiger partial charge on any atom is -0.469 e. The molecule has 33 heavy (non-hydrogen) atoms. The Kier molecular flexibility index (Phi) is 6.79. The standard InChI is InChI=1S/C23H22F7NO2/c1-12-6-19(18-10-17(24)5-4-13(18)11-31(12)2)20(21(32)33-3)14-7-15(22(25,26)27)9-16(8-14)23(28,29)30/h4-5,7-10,12,19-20H,6,11H2,1-3H3/t12-,19+,20?/m0/s1. The fraction of sp³-hybridized carbons (Fsp3) is 0.435. The Morgan fingerprint density at radius 2 is 1.61 bits per heavy atom. The largest absolute Gasteiger partial charge is 0.469 e. The number of hydrogen-bond donors (Lipinski definition) is 0. The smallest absolute Gasteiger partial charge is 0.416 e. The topological polar surface area (TPSA) is 29.5 Å². The molecule has 0 aromatic heterocycles. The summed E-state index contributed by atoms with van der Waals surface area (Å²) in [5.74, 6) is -4.04. The Bertz CT molecular complexity index is 1000. The van der Waals surface area contributed by atoms with Gasteiger partial charge in [0.2, 0.25) is 0 Å². The molecule has 1 aliphatic heterocycles. The molecule has 2 aromatic rings. The van der Waals surface area contributed by atoms with Gasteiger partial charge in [0.25, 0.3) is 0 Å². The summed E-state index contributed by atoms with van der Waals surface area (Å²) in [6, 6.07) is 4.79. The first-order chi connectivity index (χ1) is 15.2. The van der Waals surface area contributed by atoms with E-state index in [1.807, 2.05) is 11.8 Å². The van der Waals surface area contributed by atoms with Gasteiger partial charge in [-0.25, -0.2) is 4.39 Å². The Balaban J connectivity index is 2.28. The van der Waals surface area contributed by atoms with Crippen molar-refractivity contribution < 1.29 is 40.3 Å². The second-order valence-corrected chi connectivity index (χ2v) is 8.29. The molecule has 1 unspecified atom stereocenters. The van der Waals surface area contributed by atoms with E-state index in [4.69, 9.17) is 4.74 Å². The maximum Gasteiger partial charge on any atom is 0.416 e. The van der Waals surface area contributed by atoms with Crippen molar-refractivity contribution in [2.75, 3.05) is 14.2 Å². The first-order valence-electron chi connectivity index (χ1n) is 10.1. The molecule has 3 nitrogen and oxygen atoms in total. The maximum absolute atomic E-state index is 14.2. The minimum absolute atomic E-state index is 0.00888. The summed E-state index contributed by atoms with van der Waals surface area (Å²) in [7, 11) is 2.80. The van der Waals surface area contributed by atoms with Crippen LogP contribution < -0.4 is 0 Å². The predicted octanol–water partition coefficient (Wildman–Crippen LogP) is 6.13. The third-order valence-electron chi connectivity index (χ3n) is 6.10. The van der Waals surface area contributed by atoms with Gasteiger partial charge in [-0.15, -0.1) is 0 Å². The maximum atomic E-state index is 14.2. The van der Waals surface area contributed by atoms with Crippen LogP contribution in [0.5, 0.6) is 0 Å². The number of esters is 1. The molecule has 0 amide bonds. The highest BCUT2D eigenvalue weighted by molar-refractivity contribution is 5.80. The Hall–Kier alpha value is -2.62. The zero-order valence-corrected chi connectivity index (χ0v) is 18.0. The molecule has 1 aliphatic rings. The zero-order chi connectivity index (χ0) is 24.7. The van der Waals surface area contributed by atoms with Crippen LogP contribution in [-0.4, -0.2) is 31.1 Å². The lowest BCUT2D eigenvalue weighted by Crippen LogP contribution is -2.30. The van der Waals surface area contributed by atoms with Gasteiger partial charge in [0.05, 0.1) is 24.2 Å². The number of nitrogens with zero attached hydrogens (tertiary/aromatic N) is 1. The van der Waals surface area contributed by atoms with E-state index in [1.54, 1.807) is 7.05 Å². The monoisotopic (exact) mass is 477 g/mol. The van der Waals surface area contributed by atoms with Crippen LogP contribution in [0.15, 0.2) is 36.4 Å². The molecular formula is C23H22F7NO2.